The minimum absolute atomic E-state index is 0.364. The fourth-order valence-corrected chi connectivity index (χ4v) is 1.28. The first-order chi connectivity index (χ1) is 6.74. The van der Waals surface area contributed by atoms with E-state index >= 15 is 0 Å². The molecule has 78 valence electrons. The molecule has 0 aliphatic heterocycles. The molecule has 0 spiro atoms. The minimum atomic E-state index is -0.875. The quantitative estimate of drug-likeness (QED) is 0.687. The summed E-state index contributed by atoms with van der Waals surface area (Å²) in [7, 11) is 0. The van der Waals surface area contributed by atoms with E-state index in [0.717, 1.165) is 5.56 Å². The Morgan fingerprint density at radius 1 is 1.36 bits per heavy atom. The molecule has 0 aromatic heterocycles. The summed E-state index contributed by atoms with van der Waals surface area (Å²) in [4.78, 5) is 0. The molecule has 3 nitrogen and oxygen atoms in total. The number of rotatable bonds is 5. The van der Waals surface area contributed by atoms with Crippen LogP contribution in [0.5, 0.6) is 0 Å². The van der Waals surface area contributed by atoms with Crippen molar-refractivity contribution in [3.05, 3.63) is 35.9 Å². The van der Waals surface area contributed by atoms with Gasteiger partial charge < -0.3 is 15.6 Å². The van der Waals surface area contributed by atoms with Gasteiger partial charge in [0.25, 0.3) is 0 Å². The van der Waals surface area contributed by atoms with Gasteiger partial charge in [-0.3, -0.25) is 0 Å². The zero-order valence-corrected chi connectivity index (χ0v) is 8.39. The average Bonchev–Trinajstić information content (AvgIpc) is 2.19. The number of aliphatic hydroxyl groups is 1. The fourth-order valence-electron chi connectivity index (χ4n) is 1.28. The summed E-state index contributed by atoms with van der Waals surface area (Å²) in [6, 6.07) is 9.47. The van der Waals surface area contributed by atoms with Gasteiger partial charge in [-0.2, -0.15) is 0 Å². The van der Waals surface area contributed by atoms with E-state index in [-0.39, 0.29) is 6.04 Å². The van der Waals surface area contributed by atoms with E-state index in [1.54, 1.807) is 0 Å². The molecule has 1 rings (SSSR count). The highest BCUT2D eigenvalue weighted by Gasteiger charge is 2.14. The van der Waals surface area contributed by atoms with Crippen LogP contribution in [0.25, 0.3) is 0 Å². The summed E-state index contributed by atoms with van der Waals surface area (Å²) in [6.07, 6.45) is -0.248. The molecule has 0 bridgehead atoms. The van der Waals surface area contributed by atoms with Crippen molar-refractivity contribution < 1.29 is 9.84 Å². The van der Waals surface area contributed by atoms with Crippen LogP contribution in [0, 0.1) is 0 Å². The van der Waals surface area contributed by atoms with Crippen LogP contribution in [0.2, 0.25) is 0 Å². The highest BCUT2D eigenvalue weighted by Crippen LogP contribution is 2.05. The standard InChI is InChI=1S/C11H17NO2/c1-2-14-11(13)10(12)8-9-6-4-3-5-7-9/h3-7,10-11,13H,2,8,12H2,1H3. The number of hydrogen-bond acceptors (Lipinski definition) is 3. The van der Waals surface area contributed by atoms with Gasteiger partial charge in [-0.05, 0) is 18.9 Å². The van der Waals surface area contributed by atoms with E-state index < -0.39 is 6.29 Å². The van der Waals surface area contributed by atoms with E-state index in [1.165, 1.54) is 0 Å². The summed E-state index contributed by atoms with van der Waals surface area (Å²) >= 11 is 0. The van der Waals surface area contributed by atoms with E-state index in [1.807, 2.05) is 37.3 Å². The predicted octanol–water partition coefficient (Wildman–Crippen LogP) is 0.911. The van der Waals surface area contributed by atoms with Gasteiger partial charge in [0.15, 0.2) is 6.29 Å². The first-order valence-electron chi connectivity index (χ1n) is 4.83. The van der Waals surface area contributed by atoms with Crippen LogP contribution in [-0.4, -0.2) is 24.0 Å². The van der Waals surface area contributed by atoms with Gasteiger partial charge in [-0.1, -0.05) is 30.3 Å². The third-order valence-electron chi connectivity index (χ3n) is 2.02. The Morgan fingerprint density at radius 3 is 2.57 bits per heavy atom. The second-order valence-electron chi connectivity index (χ2n) is 3.20. The summed E-state index contributed by atoms with van der Waals surface area (Å²) in [5.41, 5.74) is 6.87. The first-order valence-corrected chi connectivity index (χ1v) is 4.83. The number of nitrogens with two attached hydrogens (primary N) is 1. The Balaban J connectivity index is 2.44. The number of benzene rings is 1. The molecule has 3 N–H and O–H groups in total. The molecular weight excluding hydrogens is 178 g/mol. The van der Waals surface area contributed by atoms with Crippen LogP contribution in [-0.2, 0) is 11.2 Å². The van der Waals surface area contributed by atoms with Gasteiger partial charge in [0.05, 0.1) is 6.04 Å². The van der Waals surface area contributed by atoms with Crippen LogP contribution in [0.4, 0.5) is 0 Å². The molecule has 0 saturated carbocycles. The maximum Gasteiger partial charge on any atom is 0.170 e. The average molecular weight is 195 g/mol. The molecular formula is C11H17NO2. The van der Waals surface area contributed by atoms with E-state index in [4.69, 9.17) is 10.5 Å². The number of ether oxygens (including phenoxy) is 1. The second kappa shape index (κ2) is 5.75. The van der Waals surface area contributed by atoms with Crippen molar-refractivity contribution in [3.63, 3.8) is 0 Å². The maximum absolute atomic E-state index is 9.43. The van der Waals surface area contributed by atoms with Crippen molar-refractivity contribution in [1.29, 1.82) is 0 Å². The van der Waals surface area contributed by atoms with Gasteiger partial charge in [-0.15, -0.1) is 0 Å². The number of hydrogen-bond donors (Lipinski definition) is 2. The topological polar surface area (TPSA) is 55.5 Å². The largest absolute Gasteiger partial charge is 0.367 e. The SMILES string of the molecule is CCOC(O)C(N)Cc1ccccc1. The van der Waals surface area contributed by atoms with Crippen LogP contribution in [0.1, 0.15) is 12.5 Å². The second-order valence-corrected chi connectivity index (χ2v) is 3.20. The van der Waals surface area contributed by atoms with Gasteiger partial charge in [0.2, 0.25) is 0 Å². The van der Waals surface area contributed by atoms with E-state index in [2.05, 4.69) is 0 Å². The lowest BCUT2D eigenvalue weighted by atomic mass is 10.1. The van der Waals surface area contributed by atoms with E-state index in [9.17, 15) is 5.11 Å². The first kappa shape index (κ1) is 11.2. The fraction of sp³-hybridized carbons (Fsp3) is 0.455. The summed E-state index contributed by atoms with van der Waals surface area (Å²) in [5.74, 6) is 0. The molecule has 1 aromatic rings. The van der Waals surface area contributed by atoms with Crippen molar-refractivity contribution in [2.24, 2.45) is 5.73 Å². The number of aliphatic hydroxyl groups excluding tert-OH is 1. The maximum atomic E-state index is 9.43. The Morgan fingerprint density at radius 2 is 2.00 bits per heavy atom. The van der Waals surface area contributed by atoms with Crippen LogP contribution < -0.4 is 5.73 Å². The van der Waals surface area contributed by atoms with Crippen molar-refractivity contribution in [2.75, 3.05) is 6.61 Å². The third kappa shape index (κ3) is 3.46. The summed E-state index contributed by atoms with van der Waals surface area (Å²) in [6.45, 7) is 2.31. The Kier molecular flexibility index (Phi) is 4.59. The molecule has 0 saturated heterocycles. The molecule has 0 radical (unpaired) electrons. The molecule has 2 unspecified atom stereocenters. The molecule has 3 heteroatoms. The highest BCUT2D eigenvalue weighted by atomic mass is 16.6. The summed E-state index contributed by atoms with van der Waals surface area (Å²) < 4.78 is 5.01. The zero-order chi connectivity index (χ0) is 10.4. The van der Waals surface area contributed by atoms with Crippen LogP contribution in [0.3, 0.4) is 0 Å². The minimum Gasteiger partial charge on any atom is -0.367 e. The molecule has 0 fully saturated rings. The molecule has 0 aliphatic carbocycles. The highest BCUT2D eigenvalue weighted by molar-refractivity contribution is 5.15. The molecule has 0 amide bonds. The van der Waals surface area contributed by atoms with Gasteiger partial charge in [0.1, 0.15) is 0 Å². The van der Waals surface area contributed by atoms with Gasteiger partial charge in [-0.25, -0.2) is 0 Å². The smallest absolute Gasteiger partial charge is 0.170 e. The molecule has 2 atom stereocenters. The lowest BCUT2D eigenvalue weighted by Gasteiger charge is -2.18. The van der Waals surface area contributed by atoms with Crippen molar-refractivity contribution in [2.45, 2.75) is 25.7 Å². The van der Waals surface area contributed by atoms with Gasteiger partial charge >= 0.3 is 0 Å². The van der Waals surface area contributed by atoms with Crippen molar-refractivity contribution in [3.8, 4) is 0 Å². The normalized spacial score (nSPS) is 15.1. The Bertz CT molecular complexity index is 251. The lowest BCUT2D eigenvalue weighted by molar-refractivity contribution is -0.108. The van der Waals surface area contributed by atoms with Crippen molar-refractivity contribution >= 4 is 0 Å². The molecule has 14 heavy (non-hydrogen) atoms. The van der Waals surface area contributed by atoms with Crippen LogP contribution in [0.15, 0.2) is 30.3 Å². The van der Waals surface area contributed by atoms with Gasteiger partial charge in [0, 0.05) is 6.61 Å². The molecule has 1 aromatic carbocycles. The predicted molar refractivity (Wildman–Crippen MR) is 55.8 cm³/mol. The monoisotopic (exact) mass is 195 g/mol. The molecule has 0 aliphatic rings. The van der Waals surface area contributed by atoms with E-state index in [0.29, 0.717) is 13.0 Å². The lowest BCUT2D eigenvalue weighted by Crippen LogP contribution is -2.38. The third-order valence-corrected chi connectivity index (χ3v) is 2.02. The zero-order valence-electron chi connectivity index (χ0n) is 8.39. The van der Waals surface area contributed by atoms with Crippen LogP contribution >= 0.6 is 0 Å². The van der Waals surface area contributed by atoms with Crippen molar-refractivity contribution in [1.82, 2.24) is 0 Å². The summed E-state index contributed by atoms with van der Waals surface area (Å²) in [5, 5.41) is 9.43. The molecule has 0 heterocycles. The Hall–Kier alpha value is -0.900. The Labute approximate surface area is 84.5 Å².